The van der Waals surface area contributed by atoms with E-state index in [-0.39, 0.29) is 4.51 Å². The van der Waals surface area contributed by atoms with Gasteiger partial charge in [-0.15, -0.1) is 0 Å². The number of methoxy groups -OCH3 is 1. The molecule has 2 atom stereocenters. The zero-order chi connectivity index (χ0) is 15.3. The van der Waals surface area contributed by atoms with E-state index >= 15 is 0 Å². The van der Waals surface area contributed by atoms with Crippen LogP contribution in [0.1, 0.15) is 31.2 Å². The number of nitrogens with two attached hydrogens (primary N) is 1. The largest absolute Gasteiger partial charge is 0.494 e. The van der Waals surface area contributed by atoms with Crippen molar-refractivity contribution in [3.8, 4) is 0 Å². The summed E-state index contributed by atoms with van der Waals surface area (Å²) in [4.78, 5) is 0. The van der Waals surface area contributed by atoms with E-state index in [1.54, 1.807) is 7.11 Å². The average Bonchev–Trinajstić information content (AvgIpc) is 2.50. The van der Waals surface area contributed by atoms with E-state index in [1.165, 1.54) is 5.56 Å². The van der Waals surface area contributed by atoms with Gasteiger partial charge < -0.3 is 15.2 Å². The van der Waals surface area contributed by atoms with Gasteiger partial charge in [0.25, 0.3) is 0 Å². The maximum Gasteiger partial charge on any atom is 0.144 e. The summed E-state index contributed by atoms with van der Waals surface area (Å²) in [5.74, 6) is 1.36. The number of hydrogen-bond donors (Lipinski definition) is 1. The van der Waals surface area contributed by atoms with Gasteiger partial charge in [-0.3, -0.25) is 0 Å². The highest BCUT2D eigenvalue weighted by molar-refractivity contribution is 9.10. The number of benzene rings is 1. The Morgan fingerprint density at radius 2 is 2.05 bits per heavy atom. The van der Waals surface area contributed by atoms with Crippen LogP contribution >= 0.6 is 15.9 Å². The molecule has 2 unspecified atom stereocenters. The Morgan fingerprint density at radius 1 is 1.33 bits per heavy atom. The zero-order valence-electron chi connectivity index (χ0n) is 12.5. The van der Waals surface area contributed by atoms with E-state index in [4.69, 9.17) is 15.2 Å². The molecular weight excluding hydrogens is 330 g/mol. The molecule has 114 valence electrons. The van der Waals surface area contributed by atoms with Crippen molar-refractivity contribution < 1.29 is 9.47 Å². The van der Waals surface area contributed by atoms with Crippen LogP contribution in [0.5, 0.6) is 0 Å². The Balaban J connectivity index is 1.77. The molecule has 0 amide bonds. The molecule has 2 rings (SSSR count). The molecule has 1 aliphatic carbocycles. The summed E-state index contributed by atoms with van der Waals surface area (Å²) in [7, 11) is 1.69. The number of anilines is 1. The van der Waals surface area contributed by atoms with E-state index in [2.05, 4.69) is 35.0 Å². The standard InChI is InChI=1S/C17H22BrNO2/c1-13(14-3-5-15(19)6-4-14)9-12-21-16-7-10-17(18,20-2)11-8-16/h3-8,10,13H,9,11-12,19H2,1-2H3. The lowest BCUT2D eigenvalue weighted by Crippen LogP contribution is -2.21. The van der Waals surface area contributed by atoms with Crippen LogP contribution in [-0.2, 0) is 9.47 Å². The highest BCUT2D eigenvalue weighted by Crippen LogP contribution is 2.30. The minimum absolute atomic E-state index is 0.378. The Morgan fingerprint density at radius 3 is 2.62 bits per heavy atom. The van der Waals surface area contributed by atoms with Crippen molar-refractivity contribution in [1.29, 1.82) is 0 Å². The maximum atomic E-state index is 5.81. The third-order valence-electron chi connectivity index (χ3n) is 3.74. The smallest absolute Gasteiger partial charge is 0.144 e. The number of rotatable bonds is 6. The van der Waals surface area contributed by atoms with Crippen LogP contribution in [0.25, 0.3) is 0 Å². The predicted molar refractivity (Wildman–Crippen MR) is 90.3 cm³/mol. The fraction of sp³-hybridized carbons (Fsp3) is 0.412. The highest BCUT2D eigenvalue weighted by Gasteiger charge is 2.24. The summed E-state index contributed by atoms with van der Waals surface area (Å²) in [6.45, 7) is 2.90. The average molecular weight is 352 g/mol. The van der Waals surface area contributed by atoms with Crippen LogP contribution in [0.2, 0.25) is 0 Å². The summed E-state index contributed by atoms with van der Waals surface area (Å²) in [5.41, 5.74) is 7.80. The molecule has 0 bridgehead atoms. The Labute approximate surface area is 134 Å². The first-order valence-electron chi connectivity index (χ1n) is 7.14. The highest BCUT2D eigenvalue weighted by atomic mass is 79.9. The van der Waals surface area contributed by atoms with Gasteiger partial charge in [-0.2, -0.15) is 0 Å². The van der Waals surface area contributed by atoms with Crippen molar-refractivity contribution in [1.82, 2.24) is 0 Å². The molecule has 0 saturated carbocycles. The minimum Gasteiger partial charge on any atom is -0.494 e. The van der Waals surface area contributed by atoms with Crippen molar-refractivity contribution >= 4 is 21.6 Å². The second kappa shape index (κ2) is 7.14. The molecule has 1 aromatic rings. The molecule has 0 spiro atoms. The van der Waals surface area contributed by atoms with E-state index < -0.39 is 0 Å². The quantitative estimate of drug-likeness (QED) is 0.611. The van der Waals surface area contributed by atoms with Crippen LogP contribution in [0.4, 0.5) is 5.69 Å². The third kappa shape index (κ3) is 4.61. The number of hydrogen-bond acceptors (Lipinski definition) is 3. The summed E-state index contributed by atoms with van der Waals surface area (Å²) in [6, 6.07) is 8.05. The molecule has 0 heterocycles. The molecule has 0 radical (unpaired) electrons. The summed E-state index contributed by atoms with van der Waals surface area (Å²) >= 11 is 3.53. The van der Waals surface area contributed by atoms with E-state index in [9.17, 15) is 0 Å². The van der Waals surface area contributed by atoms with Crippen LogP contribution in [-0.4, -0.2) is 18.2 Å². The molecule has 21 heavy (non-hydrogen) atoms. The van der Waals surface area contributed by atoms with Crippen LogP contribution in [0.15, 0.2) is 48.3 Å². The van der Waals surface area contributed by atoms with Crippen molar-refractivity contribution in [2.45, 2.75) is 30.2 Å². The summed E-state index contributed by atoms with van der Waals surface area (Å²) in [6.07, 6.45) is 7.72. The molecule has 0 aromatic heterocycles. The Hall–Kier alpha value is -1.26. The maximum absolute atomic E-state index is 5.81. The number of alkyl halides is 1. The minimum atomic E-state index is -0.378. The van der Waals surface area contributed by atoms with Crippen molar-refractivity contribution in [3.63, 3.8) is 0 Å². The van der Waals surface area contributed by atoms with Gasteiger partial charge in [0, 0.05) is 19.2 Å². The van der Waals surface area contributed by atoms with E-state index in [0.717, 1.165) is 24.3 Å². The second-order valence-corrected chi connectivity index (χ2v) is 6.68. The first-order valence-corrected chi connectivity index (χ1v) is 7.93. The molecule has 3 nitrogen and oxygen atoms in total. The van der Waals surface area contributed by atoms with Crippen LogP contribution in [0, 0.1) is 0 Å². The lowest BCUT2D eigenvalue weighted by Gasteiger charge is -2.24. The lowest BCUT2D eigenvalue weighted by atomic mass is 9.98. The molecule has 4 heteroatoms. The van der Waals surface area contributed by atoms with Gasteiger partial charge in [0.2, 0.25) is 0 Å². The topological polar surface area (TPSA) is 44.5 Å². The third-order valence-corrected chi connectivity index (χ3v) is 4.65. The summed E-state index contributed by atoms with van der Waals surface area (Å²) in [5, 5.41) is 0. The first-order chi connectivity index (χ1) is 10.0. The summed E-state index contributed by atoms with van der Waals surface area (Å²) < 4.78 is 10.8. The predicted octanol–water partition coefficient (Wildman–Crippen LogP) is 4.36. The Kier molecular flexibility index (Phi) is 5.48. The van der Waals surface area contributed by atoms with Gasteiger partial charge >= 0.3 is 0 Å². The fourth-order valence-electron chi connectivity index (χ4n) is 2.19. The number of nitrogen functional groups attached to an aromatic ring is 1. The zero-order valence-corrected chi connectivity index (χ0v) is 14.1. The van der Waals surface area contributed by atoms with E-state index in [1.807, 2.05) is 30.4 Å². The van der Waals surface area contributed by atoms with Gasteiger partial charge in [0.15, 0.2) is 0 Å². The molecule has 0 saturated heterocycles. The SMILES string of the molecule is COC1(Br)C=CC(OCCC(C)c2ccc(N)cc2)=CC1. The lowest BCUT2D eigenvalue weighted by molar-refractivity contribution is 0.115. The molecule has 1 aromatic carbocycles. The van der Waals surface area contributed by atoms with Crippen LogP contribution in [0.3, 0.4) is 0 Å². The van der Waals surface area contributed by atoms with Gasteiger partial charge in [-0.05, 0) is 64.2 Å². The van der Waals surface area contributed by atoms with Gasteiger partial charge in [0.05, 0.1) is 6.61 Å². The van der Waals surface area contributed by atoms with Crippen molar-refractivity contribution in [2.75, 3.05) is 19.5 Å². The number of halogens is 1. The number of ether oxygens (including phenoxy) is 2. The number of allylic oxidation sites excluding steroid dienone is 1. The molecule has 0 aliphatic heterocycles. The van der Waals surface area contributed by atoms with E-state index in [0.29, 0.717) is 12.5 Å². The second-order valence-electron chi connectivity index (χ2n) is 5.34. The van der Waals surface area contributed by atoms with Crippen molar-refractivity contribution in [3.05, 3.63) is 53.8 Å². The monoisotopic (exact) mass is 351 g/mol. The van der Waals surface area contributed by atoms with Crippen molar-refractivity contribution in [2.24, 2.45) is 0 Å². The molecular formula is C17H22BrNO2. The Bertz CT molecular complexity index is 524. The first kappa shape index (κ1) is 16.1. The molecule has 0 fully saturated rings. The van der Waals surface area contributed by atoms with Gasteiger partial charge in [0.1, 0.15) is 10.3 Å². The van der Waals surface area contributed by atoms with Gasteiger partial charge in [-0.25, -0.2) is 0 Å². The normalized spacial score (nSPS) is 22.7. The molecule has 2 N–H and O–H groups in total. The fourth-order valence-corrected chi connectivity index (χ4v) is 2.48. The van der Waals surface area contributed by atoms with Gasteiger partial charge in [-0.1, -0.05) is 19.1 Å². The molecule has 1 aliphatic rings. The van der Waals surface area contributed by atoms with Crippen LogP contribution < -0.4 is 5.73 Å².